The summed E-state index contributed by atoms with van der Waals surface area (Å²) in [5.41, 5.74) is 1.80. The molecular weight excluding hydrogens is 272 g/mol. The van der Waals surface area contributed by atoms with Gasteiger partial charge in [0.05, 0.1) is 0 Å². The topological polar surface area (TPSA) is 26.3 Å². The molecule has 0 atom stereocenters. The zero-order valence-corrected chi connectivity index (χ0v) is 11.5. The molecule has 0 heterocycles. The van der Waals surface area contributed by atoms with Gasteiger partial charge in [-0.15, -0.1) is 0 Å². The van der Waals surface area contributed by atoms with E-state index in [0.29, 0.717) is 0 Å². The number of hydrogen-bond acceptors (Lipinski definition) is 2. The van der Waals surface area contributed by atoms with Crippen molar-refractivity contribution in [2.24, 2.45) is 0 Å². The van der Waals surface area contributed by atoms with Gasteiger partial charge in [-0.3, -0.25) is 0 Å². The second-order valence-electron chi connectivity index (χ2n) is 4.02. The molecule has 2 nitrogen and oxygen atoms in total. The molecule has 2 rings (SSSR count). The Morgan fingerprint density at radius 1 is 0.900 bits per heavy atom. The van der Waals surface area contributed by atoms with Crippen LogP contribution in [-0.2, 0) is 9.53 Å². The van der Waals surface area contributed by atoms with Crippen LogP contribution in [0.3, 0.4) is 0 Å². The van der Waals surface area contributed by atoms with Crippen LogP contribution >= 0.6 is 11.6 Å². The fraction of sp³-hybridized carbons (Fsp3) is 0. The summed E-state index contributed by atoms with van der Waals surface area (Å²) < 4.78 is 4.98. The highest BCUT2D eigenvalue weighted by molar-refractivity contribution is 6.31. The normalized spacial score (nSPS) is 11.6. The average molecular weight is 285 g/mol. The molecule has 0 unspecified atom stereocenters. The first-order valence-corrected chi connectivity index (χ1v) is 6.49. The van der Waals surface area contributed by atoms with Crippen molar-refractivity contribution in [3.63, 3.8) is 0 Å². The van der Waals surface area contributed by atoms with Gasteiger partial charge in [-0.05, 0) is 28.8 Å². The first kappa shape index (κ1) is 14.1. The van der Waals surface area contributed by atoms with Crippen molar-refractivity contribution in [3.8, 4) is 0 Å². The monoisotopic (exact) mass is 284 g/mol. The average Bonchev–Trinajstić information content (AvgIpc) is 2.47. The third-order valence-corrected chi connectivity index (χ3v) is 2.68. The zero-order valence-electron chi connectivity index (χ0n) is 10.7. The SMILES string of the molecule is O=C(/C=C/c1ccccc1)O/C(Cl)=C\c1ccccc1. The Hall–Kier alpha value is -2.32. The van der Waals surface area contributed by atoms with E-state index in [0.717, 1.165) is 11.1 Å². The Balaban J connectivity index is 1.95. The number of carbonyl (C=O) groups is 1. The van der Waals surface area contributed by atoms with Gasteiger partial charge in [0.25, 0.3) is 0 Å². The minimum Gasteiger partial charge on any atom is -0.411 e. The van der Waals surface area contributed by atoms with Gasteiger partial charge < -0.3 is 4.74 Å². The van der Waals surface area contributed by atoms with E-state index < -0.39 is 5.97 Å². The van der Waals surface area contributed by atoms with Gasteiger partial charge in [0.15, 0.2) is 5.22 Å². The smallest absolute Gasteiger partial charge is 0.337 e. The lowest BCUT2D eigenvalue weighted by atomic mass is 10.2. The van der Waals surface area contributed by atoms with Gasteiger partial charge in [-0.25, -0.2) is 4.79 Å². The molecule has 20 heavy (non-hydrogen) atoms. The van der Waals surface area contributed by atoms with Crippen molar-refractivity contribution in [2.75, 3.05) is 0 Å². The van der Waals surface area contributed by atoms with E-state index in [1.165, 1.54) is 6.08 Å². The number of benzene rings is 2. The number of ether oxygens (including phenoxy) is 1. The highest BCUT2D eigenvalue weighted by Crippen LogP contribution is 2.12. The molecular formula is C17H13ClO2. The third-order valence-electron chi connectivity index (χ3n) is 2.49. The molecule has 2 aromatic carbocycles. The molecule has 0 radical (unpaired) electrons. The zero-order chi connectivity index (χ0) is 14.2. The van der Waals surface area contributed by atoms with Crippen LogP contribution in [0.1, 0.15) is 11.1 Å². The van der Waals surface area contributed by atoms with E-state index >= 15 is 0 Å². The molecule has 0 aliphatic carbocycles. The molecule has 0 fully saturated rings. The maximum Gasteiger partial charge on any atom is 0.337 e. The molecule has 0 spiro atoms. The van der Waals surface area contributed by atoms with Crippen molar-refractivity contribution >= 4 is 29.7 Å². The van der Waals surface area contributed by atoms with Crippen molar-refractivity contribution in [3.05, 3.63) is 83.1 Å². The number of carbonyl (C=O) groups excluding carboxylic acids is 1. The Labute approximate surface area is 123 Å². The van der Waals surface area contributed by atoms with Crippen molar-refractivity contribution in [1.29, 1.82) is 0 Å². The van der Waals surface area contributed by atoms with Gasteiger partial charge in [0.1, 0.15) is 0 Å². The van der Waals surface area contributed by atoms with Crippen LogP contribution in [0.15, 0.2) is 72.0 Å². The number of halogens is 1. The highest BCUT2D eigenvalue weighted by atomic mass is 35.5. The van der Waals surface area contributed by atoms with E-state index in [4.69, 9.17) is 16.3 Å². The van der Waals surface area contributed by atoms with Crippen molar-refractivity contribution < 1.29 is 9.53 Å². The minimum atomic E-state index is -0.508. The second kappa shape index (κ2) is 7.31. The quantitative estimate of drug-likeness (QED) is 0.470. The molecule has 0 aromatic heterocycles. The maximum absolute atomic E-state index is 11.6. The summed E-state index contributed by atoms with van der Waals surface area (Å²) in [4.78, 5) is 11.6. The van der Waals surface area contributed by atoms with Crippen LogP contribution in [0.4, 0.5) is 0 Å². The van der Waals surface area contributed by atoms with Crippen LogP contribution in [0.5, 0.6) is 0 Å². The van der Waals surface area contributed by atoms with Gasteiger partial charge >= 0.3 is 5.97 Å². The molecule has 0 bridgehead atoms. The van der Waals surface area contributed by atoms with Gasteiger partial charge in [0.2, 0.25) is 0 Å². The van der Waals surface area contributed by atoms with E-state index in [1.54, 1.807) is 12.2 Å². The summed E-state index contributed by atoms with van der Waals surface area (Å²) in [7, 11) is 0. The third kappa shape index (κ3) is 4.75. The number of esters is 1. The lowest BCUT2D eigenvalue weighted by Gasteiger charge is -1.99. The molecule has 100 valence electrons. The summed E-state index contributed by atoms with van der Waals surface area (Å²) in [6, 6.07) is 18.9. The second-order valence-corrected chi connectivity index (χ2v) is 4.40. The fourth-order valence-electron chi connectivity index (χ4n) is 1.57. The van der Waals surface area contributed by atoms with E-state index in [2.05, 4.69) is 0 Å². The summed E-state index contributed by atoms with van der Waals surface area (Å²) in [5.74, 6) is -0.508. The standard InChI is InChI=1S/C17H13ClO2/c18-16(13-15-9-5-2-6-10-15)20-17(19)12-11-14-7-3-1-4-8-14/h1-13H/b12-11+,16-13-. The van der Waals surface area contributed by atoms with E-state index in [-0.39, 0.29) is 5.22 Å². The van der Waals surface area contributed by atoms with Gasteiger partial charge in [0, 0.05) is 12.2 Å². The first-order chi connectivity index (χ1) is 9.74. The molecule has 0 amide bonds. The predicted octanol–water partition coefficient (Wildman–Crippen LogP) is 4.48. The van der Waals surface area contributed by atoms with Gasteiger partial charge in [-0.1, -0.05) is 60.7 Å². The van der Waals surface area contributed by atoms with Crippen LogP contribution in [-0.4, -0.2) is 5.97 Å². The van der Waals surface area contributed by atoms with Crippen LogP contribution in [0.2, 0.25) is 0 Å². The molecule has 3 heteroatoms. The molecule has 0 aliphatic rings. The number of hydrogen-bond donors (Lipinski definition) is 0. The Kier molecular flexibility index (Phi) is 5.15. The maximum atomic E-state index is 11.6. The largest absolute Gasteiger partial charge is 0.411 e. The summed E-state index contributed by atoms with van der Waals surface area (Å²) in [6.07, 6.45) is 4.61. The van der Waals surface area contributed by atoms with Crippen LogP contribution in [0.25, 0.3) is 12.2 Å². The van der Waals surface area contributed by atoms with E-state index in [1.807, 2.05) is 60.7 Å². The van der Waals surface area contributed by atoms with Crippen molar-refractivity contribution in [1.82, 2.24) is 0 Å². The Morgan fingerprint density at radius 3 is 2.05 bits per heavy atom. The molecule has 2 aromatic rings. The highest BCUT2D eigenvalue weighted by Gasteiger charge is 2.01. The lowest BCUT2D eigenvalue weighted by Crippen LogP contribution is -1.96. The van der Waals surface area contributed by atoms with Crippen LogP contribution in [0, 0.1) is 0 Å². The van der Waals surface area contributed by atoms with Crippen molar-refractivity contribution in [2.45, 2.75) is 0 Å². The molecule has 0 aliphatic heterocycles. The minimum absolute atomic E-state index is 0.0407. The predicted molar refractivity (Wildman–Crippen MR) is 81.8 cm³/mol. The summed E-state index contributed by atoms with van der Waals surface area (Å²) >= 11 is 5.88. The first-order valence-electron chi connectivity index (χ1n) is 6.11. The summed E-state index contributed by atoms with van der Waals surface area (Å²) in [6.45, 7) is 0. The van der Waals surface area contributed by atoms with Crippen LogP contribution < -0.4 is 0 Å². The fourth-order valence-corrected chi connectivity index (χ4v) is 1.77. The Morgan fingerprint density at radius 2 is 1.45 bits per heavy atom. The summed E-state index contributed by atoms with van der Waals surface area (Å²) in [5, 5.41) is 0.0407. The molecule has 0 saturated heterocycles. The Bertz CT molecular complexity index is 616. The molecule has 0 saturated carbocycles. The van der Waals surface area contributed by atoms with E-state index in [9.17, 15) is 4.79 Å². The lowest BCUT2D eigenvalue weighted by molar-refractivity contribution is -0.132. The van der Waals surface area contributed by atoms with Gasteiger partial charge in [-0.2, -0.15) is 0 Å². The molecule has 0 N–H and O–H groups in total. The number of rotatable bonds is 4.